The smallest absolute Gasteiger partial charge is 0.265 e. The minimum atomic E-state index is -3.36. The second-order valence-electron chi connectivity index (χ2n) is 4.25. The van der Waals surface area contributed by atoms with Gasteiger partial charge in [0.15, 0.2) is 9.84 Å². The summed E-state index contributed by atoms with van der Waals surface area (Å²) >= 11 is 4.42. The van der Waals surface area contributed by atoms with E-state index >= 15 is 0 Å². The Morgan fingerprint density at radius 1 is 1.44 bits per heavy atom. The van der Waals surface area contributed by atoms with Gasteiger partial charge in [0.25, 0.3) is 5.91 Å². The lowest BCUT2D eigenvalue weighted by atomic mass is 10.2. The third kappa shape index (κ3) is 1.91. The molecule has 1 amide bonds. The Morgan fingerprint density at radius 2 is 2.17 bits per heavy atom. The second-order valence-corrected chi connectivity index (χ2v) is 8.76. The summed E-state index contributed by atoms with van der Waals surface area (Å²) in [6.07, 6.45) is 0. The van der Waals surface area contributed by atoms with Gasteiger partial charge in [0.1, 0.15) is 4.88 Å². The first-order valence-corrected chi connectivity index (χ1v) is 8.66. The molecule has 0 aromatic carbocycles. The van der Waals surface area contributed by atoms with Gasteiger partial charge in [-0.3, -0.25) is 4.79 Å². The Labute approximate surface area is 117 Å². The number of carbonyl (C=O) groups excluding carboxylic acids is 1. The number of hydrogen-bond donors (Lipinski definition) is 0. The number of amides is 1. The van der Waals surface area contributed by atoms with Gasteiger partial charge < -0.3 is 9.64 Å². The maximum absolute atomic E-state index is 12.4. The molecule has 0 atom stereocenters. The summed E-state index contributed by atoms with van der Waals surface area (Å²) in [6.45, 7) is 1.23. The zero-order valence-electron chi connectivity index (χ0n) is 9.26. The van der Waals surface area contributed by atoms with Crippen LogP contribution >= 0.6 is 27.3 Å². The highest BCUT2D eigenvalue weighted by Gasteiger charge is 2.38. The van der Waals surface area contributed by atoms with Gasteiger partial charge in [-0.15, -0.1) is 11.3 Å². The molecule has 3 heterocycles. The zero-order valence-corrected chi connectivity index (χ0v) is 12.5. The van der Waals surface area contributed by atoms with E-state index in [9.17, 15) is 13.2 Å². The maximum atomic E-state index is 12.4. The summed E-state index contributed by atoms with van der Waals surface area (Å²) < 4.78 is 29.9. The summed E-state index contributed by atoms with van der Waals surface area (Å²) in [7, 11) is -3.36. The predicted octanol–water partition coefficient (Wildman–Crippen LogP) is 1.14. The number of carbonyl (C=O) groups is 1. The van der Waals surface area contributed by atoms with Gasteiger partial charge >= 0.3 is 0 Å². The van der Waals surface area contributed by atoms with Crippen LogP contribution in [-0.4, -0.2) is 50.8 Å². The van der Waals surface area contributed by atoms with Gasteiger partial charge in [-0.1, -0.05) is 0 Å². The third-order valence-corrected chi connectivity index (χ3v) is 6.59. The Balaban J connectivity index is 2.08. The number of sulfone groups is 1. The van der Waals surface area contributed by atoms with Crippen LogP contribution in [0.4, 0.5) is 0 Å². The molecule has 2 aliphatic rings. The van der Waals surface area contributed by atoms with Crippen molar-refractivity contribution >= 4 is 43.0 Å². The van der Waals surface area contributed by atoms with E-state index in [-0.39, 0.29) is 29.1 Å². The van der Waals surface area contributed by atoms with Crippen LogP contribution in [0.5, 0.6) is 0 Å². The van der Waals surface area contributed by atoms with Crippen LogP contribution < -0.4 is 0 Å². The first-order valence-electron chi connectivity index (χ1n) is 5.40. The van der Waals surface area contributed by atoms with Crippen LogP contribution in [-0.2, 0) is 14.6 Å². The van der Waals surface area contributed by atoms with Gasteiger partial charge in [0, 0.05) is 6.54 Å². The van der Waals surface area contributed by atoms with Crippen molar-refractivity contribution in [3.05, 3.63) is 14.7 Å². The molecule has 1 aromatic rings. The molecule has 1 aromatic heterocycles. The monoisotopic (exact) mass is 351 g/mol. The fourth-order valence-electron chi connectivity index (χ4n) is 2.04. The minimum absolute atomic E-state index is 0.0134. The topological polar surface area (TPSA) is 63.7 Å². The van der Waals surface area contributed by atoms with E-state index in [1.807, 2.05) is 0 Å². The second kappa shape index (κ2) is 4.29. The Kier molecular flexibility index (Phi) is 3.00. The Hall–Kier alpha value is -0.440. The zero-order chi connectivity index (χ0) is 12.9. The molecule has 8 heteroatoms. The quantitative estimate of drug-likeness (QED) is 0.760. The van der Waals surface area contributed by atoms with Crippen molar-refractivity contribution in [1.82, 2.24) is 4.90 Å². The lowest BCUT2D eigenvalue weighted by Gasteiger charge is -2.36. The molecule has 98 valence electrons. The molecule has 0 unspecified atom stereocenters. The molecule has 5 nitrogen and oxygen atoms in total. The highest BCUT2D eigenvalue weighted by molar-refractivity contribution is 9.11. The molecular weight excluding hydrogens is 342 g/mol. The number of rotatable bonds is 1. The average Bonchev–Trinajstić information content (AvgIpc) is 2.60. The van der Waals surface area contributed by atoms with Gasteiger partial charge in [-0.05, 0) is 22.0 Å². The van der Waals surface area contributed by atoms with E-state index in [0.717, 1.165) is 0 Å². The van der Waals surface area contributed by atoms with Crippen LogP contribution in [0.3, 0.4) is 0 Å². The first-order chi connectivity index (χ1) is 8.49. The minimum Gasteiger partial charge on any atom is -0.377 e. The number of fused-ring (bicyclic) bond motifs is 1. The van der Waals surface area contributed by atoms with E-state index in [1.165, 1.54) is 17.4 Å². The highest BCUT2D eigenvalue weighted by Crippen LogP contribution is 2.34. The summed E-state index contributed by atoms with van der Waals surface area (Å²) in [6, 6.07) is 1.54. The SMILES string of the molecule is O=C1c2sc(Br)cc2S(=O)(=O)CCN1C1COC1. The largest absolute Gasteiger partial charge is 0.377 e. The third-order valence-electron chi connectivity index (χ3n) is 3.12. The van der Waals surface area contributed by atoms with Crippen LogP contribution in [0.1, 0.15) is 9.67 Å². The lowest BCUT2D eigenvalue weighted by Crippen LogP contribution is -2.52. The number of thiophene rings is 1. The van der Waals surface area contributed by atoms with E-state index in [4.69, 9.17) is 4.74 Å². The normalized spacial score (nSPS) is 23.4. The lowest BCUT2D eigenvalue weighted by molar-refractivity contribution is -0.0522. The van der Waals surface area contributed by atoms with Gasteiger partial charge in [-0.2, -0.15) is 0 Å². The summed E-state index contributed by atoms with van der Waals surface area (Å²) in [4.78, 5) is 14.5. The molecule has 1 fully saturated rings. The number of halogens is 1. The molecule has 0 spiro atoms. The average molecular weight is 352 g/mol. The molecule has 3 rings (SSSR count). The van der Waals surface area contributed by atoms with Crippen LogP contribution in [0.15, 0.2) is 14.7 Å². The van der Waals surface area contributed by atoms with Crippen molar-refractivity contribution in [2.45, 2.75) is 10.9 Å². The van der Waals surface area contributed by atoms with Crippen molar-refractivity contribution in [2.24, 2.45) is 0 Å². The molecule has 1 saturated heterocycles. The number of hydrogen-bond acceptors (Lipinski definition) is 5. The van der Waals surface area contributed by atoms with E-state index in [2.05, 4.69) is 15.9 Å². The maximum Gasteiger partial charge on any atom is 0.265 e. The van der Waals surface area contributed by atoms with Crippen molar-refractivity contribution in [3.63, 3.8) is 0 Å². The number of nitrogens with zero attached hydrogens (tertiary/aromatic N) is 1. The van der Waals surface area contributed by atoms with Gasteiger partial charge in [0.05, 0.1) is 33.7 Å². The molecule has 0 radical (unpaired) electrons. The molecule has 0 aliphatic carbocycles. The standard InChI is InChI=1S/C10H10BrNO4S2/c11-8-3-7-9(17-8)10(13)12(6-4-16-5-6)1-2-18(7,14)15/h3,6H,1-2,4-5H2. The fraction of sp³-hybridized carbons (Fsp3) is 0.500. The predicted molar refractivity (Wildman–Crippen MR) is 69.7 cm³/mol. The van der Waals surface area contributed by atoms with E-state index < -0.39 is 9.84 Å². The van der Waals surface area contributed by atoms with Crippen molar-refractivity contribution in [3.8, 4) is 0 Å². The Morgan fingerprint density at radius 3 is 2.78 bits per heavy atom. The van der Waals surface area contributed by atoms with Gasteiger partial charge in [0.2, 0.25) is 0 Å². The van der Waals surface area contributed by atoms with Crippen LogP contribution in [0.2, 0.25) is 0 Å². The molecular formula is C10H10BrNO4S2. The fourth-order valence-corrected chi connectivity index (χ4v) is 5.54. The summed E-state index contributed by atoms with van der Waals surface area (Å²) in [5.74, 6) is -0.221. The molecule has 0 saturated carbocycles. The first kappa shape index (κ1) is 12.6. The summed E-state index contributed by atoms with van der Waals surface area (Å²) in [5, 5.41) is 0. The van der Waals surface area contributed by atoms with E-state index in [1.54, 1.807) is 4.90 Å². The van der Waals surface area contributed by atoms with E-state index in [0.29, 0.717) is 21.9 Å². The van der Waals surface area contributed by atoms with Crippen LogP contribution in [0, 0.1) is 0 Å². The Bertz CT molecular complexity index is 605. The summed E-state index contributed by atoms with van der Waals surface area (Å²) in [5.41, 5.74) is 0. The molecule has 2 aliphatic heterocycles. The van der Waals surface area contributed by atoms with Crippen molar-refractivity contribution < 1.29 is 17.9 Å². The van der Waals surface area contributed by atoms with Crippen molar-refractivity contribution in [2.75, 3.05) is 25.5 Å². The molecule has 0 N–H and O–H groups in total. The van der Waals surface area contributed by atoms with Crippen molar-refractivity contribution in [1.29, 1.82) is 0 Å². The molecule has 0 bridgehead atoms. The number of ether oxygens (including phenoxy) is 1. The van der Waals surface area contributed by atoms with Crippen LogP contribution in [0.25, 0.3) is 0 Å². The molecule has 18 heavy (non-hydrogen) atoms. The highest BCUT2D eigenvalue weighted by atomic mass is 79.9. The van der Waals surface area contributed by atoms with Gasteiger partial charge in [-0.25, -0.2) is 8.42 Å².